The second-order valence-corrected chi connectivity index (χ2v) is 7.76. The van der Waals surface area contributed by atoms with Gasteiger partial charge in [-0.05, 0) is 42.9 Å². The fourth-order valence-electron chi connectivity index (χ4n) is 3.34. The molecule has 1 aromatic carbocycles. The number of hydrogen-bond donors (Lipinski definition) is 2. The summed E-state index contributed by atoms with van der Waals surface area (Å²) in [4.78, 5) is 20.0. The van der Waals surface area contributed by atoms with Crippen molar-refractivity contribution >= 4 is 28.7 Å². The van der Waals surface area contributed by atoms with Crippen LogP contribution in [0.15, 0.2) is 23.4 Å². The van der Waals surface area contributed by atoms with Crippen LogP contribution in [0, 0.1) is 18.8 Å². The molecule has 0 aliphatic heterocycles. The number of nitrogens with one attached hydrogen (secondary N) is 2. The molecule has 1 fully saturated rings. The lowest BCUT2D eigenvalue weighted by atomic mass is 9.78. The zero-order valence-corrected chi connectivity index (χ0v) is 14.9. The lowest BCUT2D eigenvalue weighted by Crippen LogP contribution is -2.44. The molecule has 124 valence electrons. The van der Waals surface area contributed by atoms with Gasteiger partial charge in [-0.15, -0.1) is 0 Å². The van der Waals surface area contributed by atoms with Gasteiger partial charge in [-0.2, -0.15) is 0 Å². The van der Waals surface area contributed by atoms with Crippen LogP contribution in [-0.4, -0.2) is 27.7 Å². The van der Waals surface area contributed by atoms with Crippen molar-refractivity contribution in [1.29, 1.82) is 0 Å². The SMILES string of the molecule is Cc1ccc2nc(SCC(=O)N[C@@H]3CCC[C@H](C)[C@@H]3C)[nH]c2c1. The number of imidazole rings is 1. The van der Waals surface area contributed by atoms with Crippen molar-refractivity contribution in [2.45, 2.75) is 51.2 Å². The van der Waals surface area contributed by atoms with E-state index in [1.54, 1.807) is 0 Å². The van der Waals surface area contributed by atoms with Crippen molar-refractivity contribution in [3.05, 3.63) is 23.8 Å². The average molecular weight is 331 g/mol. The van der Waals surface area contributed by atoms with E-state index in [1.807, 2.05) is 6.07 Å². The number of amides is 1. The molecule has 1 aliphatic carbocycles. The maximum Gasteiger partial charge on any atom is 0.230 e. The van der Waals surface area contributed by atoms with E-state index in [4.69, 9.17) is 0 Å². The van der Waals surface area contributed by atoms with Gasteiger partial charge < -0.3 is 10.3 Å². The topological polar surface area (TPSA) is 57.8 Å². The molecule has 2 N–H and O–H groups in total. The van der Waals surface area contributed by atoms with Crippen molar-refractivity contribution in [3.8, 4) is 0 Å². The quantitative estimate of drug-likeness (QED) is 0.835. The van der Waals surface area contributed by atoms with Crippen LogP contribution in [0.3, 0.4) is 0 Å². The summed E-state index contributed by atoms with van der Waals surface area (Å²) in [6.07, 6.45) is 3.60. The first-order valence-corrected chi connectivity index (χ1v) is 9.40. The second kappa shape index (κ2) is 6.95. The Kier molecular flexibility index (Phi) is 4.95. The number of fused-ring (bicyclic) bond motifs is 1. The van der Waals surface area contributed by atoms with E-state index in [0.717, 1.165) is 22.6 Å². The summed E-state index contributed by atoms with van der Waals surface area (Å²) in [6, 6.07) is 6.47. The number of rotatable bonds is 4. The number of thioether (sulfide) groups is 1. The molecule has 23 heavy (non-hydrogen) atoms. The first-order valence-electron chi connectivity index (χ1n) is 8.41. The molecular formula is C18H25N3OS. The van der Waals surface area contributed by atoms with Crippen molar-refractivity contribution < 1.29 is 4.79 Å². The Balaban J connectivity index is 1.55. The normalized spacial score (nSPS) is 24.7. The molecule has 3 atom stereocenters. The summed E-state index contributed by atoms with van der Waals surface area (Å²) in [5.74, 6) is 1.78. The van der Waals surface area contributed by atoms with Crippen LogP contribution in [0.4, 0.5) is 0 Å². The first kappa shape index (κ1) is 16.4. The Bertz CT molecular complexity index is 697. The number of benzene rings is 1. The fourth-order valence-corrected chi connectivity index (χ4v) is 4.03. The van der Waals surface area contributed by atoms with Gasteiger partial charge in [-0.25, -0.2) is 4.98 Å². The highest BCUT2D eigenvalue weighted by atomic mass is 32.2. The number of H-pyrrole nitrogens is 1. The standard InChI is InChI=1S/C18H25N3OS/c1-11-7-8-15-16(9-11)21-18(20-15)23-10-17(22)19-14-6-4-5-12(2)13(14)3/h7-9,12-14H,4-6,10H2,1-3H3,(H,19,22)(H,20,21)/t12-,13-,14+/m0/s1. The third-order valence-electron chi connectivity index (χ3n) is 5.01. The third-order valence-corrected chi connectivity index (χ3v) is 5.88. The van der Waals surface area contributed by atoms with Gasteiger partial charge in [0, 0.05) is 6.04 Å². The molecule has 0 saturated heterocycles. The van der Waals surface area contributed by atoms with Gasteiger partial charge in [0.25, 0.3) is 0 Å². The average Bonchev–Trinajstić information content (AvgIpc) is 2.92. The molecular weight excluding hydrogens is 306 g/mol. The van der Waals surface area contributed by atoms with Gasteiger partial charge in [0.2, 0.25) is 5.91 Å². The van der Waals surface area contributed by atoms with Gasteiger partial charge in [-0.3, -0.25) is 4.79 Å². The highest BCUT2D eigenvalue weighted by Crippen LogP contribution is 2.29. The molecule has 1 amide bonds. The Morgan fingerprint density at radius 2 is 2.22 bits per heavy atom. The minimum absolute atomic E-state index is 0.109. The Morgan fingerprint density at radius 3 is 3.04 bits per heavy atom. The van der Waals surface area contributed by atoms with E-state index >= 15 is 0 Å². The Morgan fingerprint density at radius 1 is 1.39 bits per heavy atom. The van der Waals surface area contributed by atoms with E-state index < -0.39 is 0 Å². The summed E-state index contributed by atoms with van der Waals surface area (Å²) in [5, 5.41) is 4.02. The summed E-state index contributed by atoms with van der Waals surface area (Å²) in [5.41, 5.74) is 3.19. The van der Waals surface area contributed by atoms with Crippen molar-refractivity contribution in [1.82, 2.24) is 15.3 Å². The highest BCUT2D eigenvalue weighted by Gasteiger charge is 2.28. The largest absolute Gasteiger partial charge is 0.352 e. The summed E-state index contributed by atoms with van der Waals surface area (Å²) >= 11 is 1.47. The number of aromatic amines is 1. The molecule has 5 heteroatoms. The van der Waals surface area contributed by atoms with Gasteiger partial charge in [0.05, 0.1) is 16.8 Å². The van der Waals surface area contributed by atoms with E-state index in [2.05, 4.69) is 48.2 Å². The van der Waals surface area contributed by atoms with Crippen LogP contribution >= 0.6 is 11.8 Å². The molecule has 0 spiro atoms. The van der Waals surface area contributed by atoms with Crippen LogP contribution in [0.2, 0.25) is 0 Å². The predicted molar refractivity (Wildman–Crippen MR) is 95.7 cm³/mol. The first-order chi connectivity index (χ1) is 11.0. The molecule has 1 aromatic heterocycles. The van der Waals surface area contributed by atoms with E-state index in [-0.39, 0.29) is 5.91 Å². The van der Waals surface area contributed by atoms with Gasteiger partial charge in [-0.1, -0.05) is 44.5 Å². The van der Waals surface area contributed by atoms with Gasteiger partial charge >= 0.3 is 0 Å². The number of aromatic nitrogens is 2. The summed E-state index contributed by atoms with van der Waals surface area (Å²) in [6.45, 7) is 6.60. The maximum absolute atomic E-state index is 12.2. The number of carbonyl (C=O) groups is 1. The molecule has 0 radical (unpaired) electrons. The van der Waals surface area contributed by atoms with Crippen LogP contribution in [-0.2, 0) is 4.79 Å². The molecule has 0 bridgehead atoms. The zero-order chi connectivity index (χ0) is 16.4. The number of aryl methyl sites for hydroxylation is 1. The summed E-state index contributed by atoms with van der Waals surface area (Å²) in [7, 11) is 0. The van der Waals surface area contributed by atoms with E-state index in [0.29, 0.717) is 23.6 Å². The molecule has 1 heterocycles. The smallest absolute Gasteiger partial charge is 0.230 e. The third kappa shape index (κ3) is 3.89. The number of nitrogens with zero attached hydrogens (tertiary/aromatic N) is 1. The molecule has 4 nitrogen and oxygen atoms in total. The van der Waals surface area contributed by atoms with Crippen molar-refractivity contribution in [3.63, 3.8) is 0 Å². The van der Waals surface area contributed by atoms with Crippen molar-refractivity contribution in [2.24, 2.45) is 11.8 Å². The van der Waals surface area contributed by atoms with E-state index in [9.17, 15) is 4.79 Å². The minimum Gasteiger partial charge on any atom is -0.352 e. The van der Waals surface area contributed by atoms with Crippen LogP contribution in [0.25, 0.3) is 11.0 Å². The second-order valence-electron chi connectivity index (χ2n) is 6.79. The molecule has 1 saturated carbocycles. The number of carbonyl (C=O) groups excluding carboxylic acids is 1. The number of hydrogen-bond acceptors (Lipinski definition) is 3. The van der Waals surface area contributed by atoms with E-state index in [1.165, 1.54) is 30.2 Å². The molecule has 2 aromatic rings. The fraction of sp³-hybridized carbons (Fsp3) is 0.556. The van der Waals surface area contributed by atoms with Gasteiger partial charge in [0.15, 0.2) is 5.16 Å². The maximum atomic E-state index is 12.2. The molecule has 1 aliphatic rings. The van der Waals surface area contributed by atoms with Crippen LogP contribution in [0.5, 0.6) is 0 Å². The highest BCUT2D eigenvalue weighted by molar-refractivity contribution is 7.99. The van der Waals surface area contributed by atoms with Crippen molar-refractivity contribution in [2.75, 3.05) is 5.75 Å². The monoisotopic (exact) mass is 331 g/mol. The molecule has 3 rings (SSSR count). The summed E-state index contributed by atoms with van der Waals surface area (Å²) < 4.78 is 0. The van der Waals surface area contributed by atoms with Crippen LogP contribution in [0.1, 0.15) is 38.7 Å². The Hall–Kier alpha value is -1.49. The van der Waals surface area contributed by atoms with Gasteiger partial charge in [0.1, 0.15) is 0 Å². The molecule has 0 unspecified atom stereocenters. The minimum atomic E-state index is 0.109. The lowest BCUT2D eigenvalue weighted by molar-refractivity contribution is -0.120. The van der Waals surface area contributed by atoms with Crippen LogP contribution < -0.4 is 5.32 Å². The zero-order valence-electron chi connectivity index (χ0n) is 14.1. The Labute approximate surface area is 141 Å². The lowest BCUT2D eigenvalue weighted by Gasteiger charge is -2.34. The predicted octanol–water partition coefficient (Wildman–Crippen LogP) is 3.90.